The zero-order valence-electron chi connectivity index (χ0n) is 15.3. The van der Waals surface area contributed by atoms with Crippen molar-refractivity contribution in [3.05, 3.63) is 35.6 Å². The molecule has 0 radical (unpaired) electrons. The van der Waals surface area contributed by atoms with Gasteiger partial charge in [0.15, 0.2) is 0 Å². The molecule has 1 saturated heterocycles. The number of rotatable bonds is 8. The van der Waals surface area contributed by atoms with Crippen molar-refractivity contribution in [2.45, 2.75) is 32.7 Å². The molecular weight excluding hydrogens is 321 g/mol. The predicted molar refractivity (Wildman–Crippen MR) is 96.6 cm³/mol. The third kappa shape index (κ3) is 4.77. The van der Waals surface area contributed by atoms with Crippen molar-refractivity contribution in [2.75, 3.05) is 39.4 Å². The van der Waals surface area contributed by atoms with Gasteiger partial charge in [0.05, 0.1) is 24.7 Å². The van der Waals surface area contributed by atoms with Crippen LogP contribution in [-0.2, 0) is 9.53 Å². The van der Waals surface area contributed by atoms with Gasteiger partial charge in [-0.05, 0) is 30.5 Å². The minimum atomic E-state index is -0.530. The third-order valence-electron chi connectivity index (χ3n) is 5.40. The molecule has 1 heterocycles. The molecule has 0 aromatic heterocycles. The van der Waals surface area contributed by atoms with Crippen molar-refractivity contribution in [3.63, 3.8) is 0 Å². The summed E-state index contributed by atoms with van der Waals surface area (Å²) in [4.78, 5) is 15.0. The Hall–Kier alpha value is -1.50. The van der Waals surface area contributed by atoms with Crippen LogP contribution in [0.1, 0.15) is 38.3 Å². The molecule has 25 heavy (non-hydrogen) atoms. The summed E-state index contributed by atoms with van der Waals surface area (Å²) in [5.74, 6) is -0.282. The number of carbonyl (C=O) groups excluding carboxylic acids is 1. The van der Waals surface area contributed by atoms with Crippen LogP contribution in [-0.4, -0.2) is 50.2 Å². The molecule has 5 nitrogen and oxygen atoms in total. The van der Waals surface area contributed by atoms with Gasteiger partial charge in [-0.15, -0.1) is 0 Å². The normalized spacial score (nSPS) is 17.3. The number of amides is 1. The Morgan fingerprint density at radius 3 is 2.60 bits per heavy atom. The highest BCUT2D eigenvalue weighted by Gasteiger charge is 2.34. The highest BCUT2D eigenvalue weighted by molar-refractivity contribution is 5.82. The van der Waals surface area contributed by atoms with Gasteiger partial charge in [-0.25, -0.2) is 4.39 Å². The number of nitrogens with two attached hydrogens (primary N) is 1. The van der Waals surface area contributed by atoms with E-state index in [1.165, 1.54) is 6.07 Å². The molecule has 1 aromatic rings. The topological polar surface area (TPSA) is 67.6 Å². The first-order valence-electron chi connectivity index (χ1n) is 9.12. The molecule has 0 spiro atoms. The summed E-state index contributed by atoms with van der Waals surface area (Å²) in [6.45, 7) is 7.57. The zero-order valence-corrected chi connectivity index (χ0v) is 15.3. The Bertz CT molecular complexity index is 549. The number of halogens is 1. The monoisotopic (exact) mass is 351 g/mol. The molecule has 1 unspecified atom stereocenters. The Morgan fingerprint density at radius 2 is 2.04 bits per heavy atom. The van der Waals surface area contributed by atoms with Crippen molar-refractivity contribution >= 4 is 5.91 Å². The summed E-state index contributed by atoms with van der Waals surface area (Å²) >= 11 is 0. The third-order valence-corrected chi connectivity index (χ3v) is 5.40. The van der Waals surface area contributed by atoms with Crippen molar-refractivity contribution in [3.8, 4) is 0 Å². The van der Waals surface area contributed by atoms with E-state index in [4.69, 9.17) is 10.5 Å². The highest BCUT2D eigenvalue weighted by Crippen LogP contribution is 2.26. The molecule has 1 aromatic carbocycles. The van der Waals surface area contributed by atoms with Crippen molar-refractivity contribution in [1.82, 2.24) is 10.2 Å². The quantitative estimate of drug-likeness (QED) is 0.752. The molecule has 140 valence electrons. The Balaban J connectivity index is 2.14. The van der Waals surface area contributed by atoms with Crippen LogP contribution in [0, 0.1) is 11.2 Å². The van der Waals surface area contributed by atoms with Crippen molar-refractivity contribution < 1.29 is 13.9 Å². The minimum Gasteiger partial charge on any atom is -0.379 e. The molecule has 0 bridgehead atoms. The number of carbonyl (C=O) groups is 1. The van der Waals surface area contributed by atoms with Gasteiger partial charge in [-0.1, -0.05) is 26.0 Å². The maximum atomic E-state index is 13.7. The lowest BCUT2D eigenvalue weighted by molar-refractivity contribution is -0.131. The number of morpholine rings is 1. The second kappa shape index (κ2) is 9.27. The van der Waals surface area contributed by atoms with Crippen LogP contribution >= 0.6 is 0 Å². The smallest absolute Gasteiger partial charge is 0.227 e. The number of hydrogen-bond acceptors (Lipinski definition) is 4. The molecule has 0 aliphatic carbocycles. The standard InChI is InChI=1S/C19H30FN3O2/c1-3-19(4-2,14-21)18(24)22-13-17(23-8-10-25-11-9-23)15-6-5-7-16(20)12-15/h5-7,12,17H,3-4,8-11,13-14,21H2,1-2H3,(H,22,24). The van der Waals surface area contributed by atoms with E-state index in [-0.39, 0.29) is 17.8 Å². The Labute approximate surface area is 149 Å². The average molecular weight is 351 g/mol. The van der Waals surface area contributed by atoms with E-state index < -0.39 is 5.41 Å². The fraction of sp³-hybridized carbons (Fsp3) is 0.632. The van der Waals surface area contributed by atoms with Gasteiger partial charge >= 0.3 is 0 Å². The lowest BCUT2D eigenvalue weighted by Crippen LogP contribution is -2.49. The predicted octanol–water partition coefficient (Wildman–Crippen LogP) is 2.08. The average Bonchev–Trinajstić information content (AvgIpc) is 2.65. The number of nitrogens with one attached hydrogen (secondary N) is 1. The van der Waals surface area contributed by atoms with Crippen LogP contribution < -0.4 is 11.1 Å². The Morgan fingerprint density at radius 1 is 1.36 bits per heavy atom. The van der Waals surface area contributed by atoms with Crippen molar-refractivity contribution in [2.24, 2.45) is 11.1 Å². The molecule has 1 amide bonds. The van der Waals surface area contributed by atoms with Gasteiger partial charge in [0.25, 0.3) is 0 Å². The largest absolute Gasteiger partial charge is 0.379 e. The van der Waals surface area contributed by atoms with Crippen LogP contribution in [0.25, 0.3) is 0 Å². The summed E-state index contributed by atoms with van der Waals surface area (Å²) < 4.78 is 19.1. The van der Waals surface area contributed by atoms with Crippen molar-refractivity contribution in [1.29, 1.82) is 0 Å². The lowest BCUT2D eigenvalue weighted by Gasteiger charge is -2.36. The van der Waals surface area contributed by atoms with Gasteiger partial charge in [0.2, 0.25) is 5.91 Å². The second-order valence-corrected chi connectivity index (χ2v) is 6.62. The van der Waals surface area contributed by atoms with E-state index >= 15 is 0 Å². The molecule has 0 saturated carbocycles. The van der Waals surface area contributed by atoms with Gasteiger partial charge in [-0.3, -0.25) is 9.69 Å². The highest BCUT2D eigenvalue weighted by atomic mass is 19.1. The van der Waals surface area contributed by atoms with E-state index in [2.05, 4.69) is 10.2 Å². The zero-order chi connectivity index (χ0) is 18.3. The molecule has 6 heteroatoms. The van der Waals surface area contributed by atoms with E-state index in [0.717, 1.165) is 18.7 Å². The fourth-order valence-electron chi connectivity index (χ4n) is 3.39. The van der Waals surface area contributed by atoms with Crippen LogP contribution in [0.15, 0.2) is 24.3 Å². The van der Waals surface area contributed by atoms with Gasteiger partial charge in [0, 0.05) is 26.2 Å². The van der Waals surface area contributed by atoms with E-state index in [1.807, 2.05) is 19.9 Å². The van der Waals surface area contributed by atoms with Gasteiger partial charge in [-0.2, -0.15) is 0 Å². The maximum Gasteiger partial charge on any atom is 0.227 e. The molecule has 1 aliphatic heterocycles. The van der Waals surface area contributed by atoms with Crippen LogP contribution in [0.4, 0.5) is 4.39 Å². The maximum absolute atomic E-state index is 13.7. The van der Waals surface area contributed by atoms with E-state index in [9.17, 15) is 9.18 Å². The lowest BCUT2D eigenvalue weighted by atomic mass is 9.81. The van der Waals surface area contributed by atoms with Crippen LogP contribution in [0.5, 0.6) is 0 Å². The molecule has 1 aliphatic rings. The summed E-state index contributed by atoms with van der Waals surface area (Å²) in [5.41, 5.74) is 6.21. The minimum absolute atomic E-state index is 0.0188. The molecule has 1 atom stereocenters. The number of ether oxygens (including phenoxy) is 1. The summed E-state index contributed by atoms with van der Waals surface area (Å²) in [6.07, 6.45) is 1.40. The van der Waals surface area contributed by atoms with E-state index in [0.29, 0.717) is 39.1 Å². The summed E-state index contributed by atoms with van der Waals surface area (Å²) in [6, 6.07) is 6.52. The van der Waals surface area contributed by atoms with Gasteiger partial charge in [0.1, 0.15) is 5.82 Å². The molecule has 3 N–H and O–H groups in total. The SMILES string of the molecule is CCC(CC)(CN)C(=O)NCC(c1cccc(F)c1)N1CCOCC1. The summed E-state index contributed by atoms with van der Waals surface area (Å²) in [7, 11) is 0. The molecule has 2 rings (SSSR count). The summed E-state index contributed by atoms with van der Waals surface area (Å²) in [5, 5.41) is 3.07. The number of nitrogens with zero attached hydrogens (tertiary/aromatic N) is 1. The second-order valence-electron chi connectivity index (χ2n) is 6.62. The Kier molecular flexibility index (Phi) is 7.35. The number of hydrogen-bond donors (Lipinski definition) is 2. The molecule has 1 fully saturated rings. The first-order chi connectivity index (χ1) is 12.1. The fourth-order valence-corrected chi connectivity index (χ4v) is 3.39. The first kappa shape index (κ1) is 19.8. The number of benzene rings is 1. The van der Waals surface area contributed by atoms with E-state index in [1.54, 1.807) is 12.1 Å². The van der Waals surface area contributed by atoms with Crippen LogP contribution in [0.3, 0.4) is 0 Å². The van der Waals surface area contributed by atoms with Gasteiger partial charge < -0.3 is 15.8 Å². The van der Waals surface area contributed by atoms with Crippen LogP contribution in [0.2, 0.25) is 0 Å². The first-order valence-corrected chi connectivity index (χ1v) is 9.12. The molecular formula is C19H30FN3O2.